The van der Waals surface area contributed by atoms with Crippen molar-refractivity contribution < 1.29 is 44.1 Å². The number of carbonyl (C=O) groups excluding carboxylic acids is 1. The monoisotopic (exact) mass is 592 g/mol. The molecule has 1 saturated heterocycles. The van der Waals surface area contributed by atoms with Crippen LogP contribution < -0.4 is 4.90 Å². The lowest BCUT2D eigenvalue weighted by atomic mass is 9.78. The van der Waals surface area contributed by atoms with Crippen LogP contribution in [-0.4, -0.2) is 44.9 Å². The summed E-state index contributed by atoms with van der Waals surface area (Å²) in [5.74, 6) is -4.77. The van der Waals surface area contributed by atoms with Crippen LogP contribution in [0.25, 0.3) is 0 Å². The zero-order valence-corrected chi connectivity index (χ0v) is 24.0. The molecule has 0 aliphatic carbocycles. The first-order valence-corrected chi connectivity index (χ1v) is 14.8. The van der Waals surface area contributed by atoms with Crippen LogP contribution in [0.15, 0.2) is 72.8 Å². The van der Waals surface area contributed by atoms with Crippen molar-refractivity contribution in [2.45, 2.75) is 63.5 Å². The smallest absolute Gasteiger partial charge is 0.327 e. The average Bonchev–Trinajstić information content (AvgIpc) is 2.99. The number of rotatable bonds is 16. The van der Waals surface area contributed by atoms with Gasteiger partial charge in [-0.1, -0.05) is 48.5 Å². The molecule has 4 atom stereocenters. The standard InChI is InChI=1S/C34H38FNO7/c35-26-15-13-24(14-16-26)30(38)20-19-28-31(36(32(28)39)27-17-9-22(10-18-27)4-1-2-21-37)25-11-7-23(8-12-25)5-3-6-29(33(40)41)34(42)43/h7-18,28-31,37-38H,1-6,19-21H2,(H,40,41)(H,42,43)/p+1/t28-,30+,31-/m1/s1. The Morgan fingerprint density at radius 2 is 1.37 bits per heavy atom. The molecule has 3 aromatic carbocycles. The molecule has 1 aliphatic heterocycles. The number of aryl methyl sites for hydroxylation is 2. The van der Waals surface area contributed by atoms with E-state index in [0.717, 1.165) is 46.5 Å². The molecule has 1 unspecified atom stereocenters. The number of aliphatic hydroxyl groups excluding tert-OH is 2. The summed E-state index contributed by atoms with van der Waals surface area (Å²) in [4.78, 5) is 36.6. The zero-order valence-electron chi connectivity index (χ0n) is 24.0. The van der Waals surface area contributed by atoms with Gasteiger partial charge in [-0.25, -0.2) is 14.1 Å². The summed E-state index contributed by atoms with van der Waals surface area (Å²) in [5, 5.41) is 38.0. The van der Waals surface area contributed by atoms with Gasteiger partial charge in [-0.3, -0.25) is 9.59 Å². The number of unbranched alkanes of at least 4 members (excludes halogenated alkanes) is 1. The highest BCUT2D eigenvalue weighted by Crippen LogP contribution is 2.34. The van der Waals surface area contributed by atoms with E-state index in [0.29, 0.717) is 31.2 Å². The highest BCUT2D eigenvalue weighted by molar-refractivity contribution is 5.92. The molecule has 0 aromatic heterocycles. The maximum atomic E-state index is 13.5. The topological polar surface area (TPSA) is 137 Å². The average molecular weight is 593 g/mol. The van der Waals surface area contributed by atoms with Gasteiger partial charge in [-0.05, 0) is 92.3 Å². The Bertz CT molecular complexity index is 1360. The van der Waals surface area contributed by atoms with Gasteiger partial charge in [0.05, 0.1) is 6.10 Å². The molecule has 8 nitrogen and oxygen atoms in total. The number of hydrogen-bond acceptors (Lipinski definition) is 5. The molecule has 5 N–H and O–H groups in total. The number of nitrogens with one attached hydrogen (secondary N) is 1. The maximum Gasteiger partial charge on any atom is 0.327 e. The molecule has 0 bridgehead atoms. The Balaban J connectivity index is 1.48. The number of carbonyl (C=O) groups is 3. The quantitative estimate of drug-likeness (QED) is 0.0957. The second-order valence-corrected chi connectivity index (χ2v) is 11.2. The molecule has 0 spiro atoms. The van der Waals surface area contributed by atoms with Gasteiger partial charge in [0.2, 0.25) is 0 Å². The Labute approximate surface area is 250 Å². The number of hydrogen-bond donors (Lipinski definition) is 5. The van der Waals surface area contributed by atoms with E-state index in [1.54, 1.807) is 12.1 Å². The third-order valence-corrected chi connectivity index (χ3v) is 8.35. The van der Waals surface area contributed by atoms with Crippen LogP contribution in [0.1, 0.15) is 72.9 Å². The van der Waals surface area contributed by atoms with Gasteiger partial charge in [0.25, 0.3) is 0 Å². The molecule has 3 aromatic rings. The lowest BCUT2D eigenvalue weighted by molar-refractivity contribution is -0.831. The lowest BCUT2D eigenvalue weighted by Crippen LogP contribution is -3.19. The Morgan fingerprint density at radius 3 is 1.95 bits per heavy atom. The molecule has 43 heavy (non-hydrogen) atoms. The normalized spacial score (nSPS) is 18.8. The number of quaternary nitrogens is 1. The number of benzene rings is 3. The van der Waals surface area contributed by atoms with Crippen molar-refractivity contribution in [3.8, 4) is 0 Å². The van der Waals surface area contributed by atoms with Gasteiger partial charge in [-0.15, -0.1) is 0 Å². The molecule has 1 heterocycles. The van der Waals surface area contributed by atoms with Crippen LogP contribution in [0.4, 0.5) is 10.1 Å². The fourth-order valence-electron chi connectivity index (χ4n) is 5.86. The van der Waals surface area contributed by atoms with Gasteiger partial charge in [0.15, 0.2) is 5.92 Å². The molecule has 0 saturated carbocycles. The number of β-lactam (4-membered cyclic amide) rings is 1. The van der Waals surface area contributed by atoms with E-state index in [2.05, 4.69) is 0 Å². The zero-order chi connectivity index (χ0) is 30.9. The van der Waals surface area contributed by atoms with E-state index in [9.17, 15) is 23.9 Å². The first-order valence-electron chi connectivity index (χ1n) is 14.8. The van der Waals surface area contributed by atoms with Crippen molar-refractivity contribution >= 4 is 23.5 Å². The van der Waals surface area contributed by atoms with Crippen LogP contribution in [0, 0.1) is 17.7 Å². The molecular formula is C34H39FNO7+. The second kappa shape index (κ2) is 15.0. The van der Waals surface area contributed by atoms with Gasteiger partial charge < -0.3 is 20.4 Å². The fraction of sp³-hybridized carbons (Fsp3) is 0.382. The van der Waals surface area contributed by atoms with Crippen molar-refractivity contribution in [3.05, 3.63) is 101 Å². The Kier molecular flexibility index (Phi) is 11.2. The van der Waals surface area contributed by atoms with Crippen molar-refractivity contribution in [3.63, 3.8) is 0 Å². The predicted molar refractivity (Wildman–Crippen MR) is 157 cm³/mol. The van der Waals surface area contributed by atoms with E-state index in [-0.39, 0.29) is 36.7 Å². The maximum absolute atomic E-state index is 13.5. The summed E-state index contributed by atoms with van der Waals surface area (Å²) in [7, 11) is 0. The highest BCUT2D eigenvalue weighted by Gasteiger charge is 2.54. The minimum absolute atomic E-state index is 0.0376. The summed E-state index contributed by atoms with van der Waals surface area (Å²) >= 11 is 0. The summed E-state index contributed by atoms with van der Waals surface area (Å²) in [6, 6.07) is 21.3. The van der Waals surface area contributed by atoms with E-state index >= 15 is 0 Å². The van der Waals surface area contributed by atoms with Crippen LogP contribution >= 0.6 is 0 Å². The Hall–Kier alpha value is -3.92. The summed E-state index contributed by atoms with van der Waals surface area (Å²) < 4.78 is 13.3. The van der Waals surface area contributed by atoms with E-state index in [4.69, 9.17) is 15.3 Å². The molecular weight excluding hydrogens is 553 g/mol. The Morgan fingerprint density at radius 1 is 0.791 bits per heavy atom. The first-order chi connectivity index (χ1) is 20.7. The van der Waals surface area contributed by atoms with Crippen LogP contribution in [0.5, 0.6) is 0 Å². The van der Waals surface area contributed by atoms with Gasteiger partial charge in [0, 0.05) is 12.2 Å². The number of aliphatic hydroxyl groups is 2. The second-order valence-electron chi connectivity index (χ2n) is 11.2. The number of carboxylic acids is 2. The first kappa shape index (κ1) is 32.0. The van der Waals surface area contributed by atoms with Gasteiger partial charge >= 0.3 is 17.8 Å². The van der Waals surface area contributed by atoms with Crippen LogP contribution in [-0.2, 0) is 27.2 Å². The fourth-order valence-corrected chi connectivity index (χ4v) is 5.86. The number of carboxylic acid groups (broad SMARTS) is 2. The third kappa shape index (κ3) is 8.13. The minimum atomic E-state index is -1.43. The summed E-state index contributed by atoms with van der Waals surface area (Å²) in [6.45, 7) is 0.160. The molecule has 1 aliphatic rings. The highest BCUT2D eigenvalue weighted by atomic mass is 19.1. The number of halogens is 1. The van der Waals surface area contributed by atoms with Gasteiger partial charge in [0.1, 0.15) is 23.5 Å². The number of amides is 1. The van der Waals surface area contributed by atoms with Crippen molar-refractivity contribution in [1.82, 2.24) is 0 Å². The molecule has 228 valence electrons. The molecule has 1 amide bonds. The van der Waals surface area contributed by atoms with E-state index in [1.165, 1.54) is 12.1 Å². The van der Waals surface area contributed by atoms with Gasteiger partial charge in [-0.2, -0.15) is 0 Å². The lowest BCUT2D eigenvalue weighted by Gasteiger charge is -2.41. The predicted octanol–water partition coefficient (Wildman–Crippen LogP) is 4.18. The van der Waals surface area contributed by atoms with E-state index < -0.39 is 24.0 Å². The summed E-state index contributed by atoms with van der Waals surface area (Å²) in [6.07, 6.45) is 3.43. The summed E-state index contributed by atoms with van der Waals surface area (Å²) in [5.41, 5.74) is 4.50. The van der Waals surface area contributed by atoms with Crippen molar-refractivity contribution in [1.29, 1.82) is 0 Å². The largest absolute Gasteiger partial charge is 0.481 e. The molecule has 4 rings (SSSR count). The molecule has 1 fully saturated rings. The molecule has 0 radical (unpaired) electrons. The third-order valence-electron chi connectivity index (χ3n) is 8.35. The molecule has 9 heteroatoms. The number of aliphatic carboxylic acids is 2. The SMILES string of the molecule is O=C(O)C(CCCc1ccc([C@@H]2[C@@H](CC[C@H](O)c3ccc(F)cc3)C(=O)[NH+]2c2ccc(CCCCO)cc2)cc1)C(=O)O. The minimum Gasteiger partial charge on any atom is -0.481 e. The van der Waals surface area contributed by atoms with Crippen molar-refractivity contribution in [2.24, 2.45) is 11.8 Å². The van der Waals surface area contributed by atoms with E-state index in [1.807, 2.05) is 48.5 Å². The van der Waals surface area contributed by atoms with Crippen molar-refractivity contribution in [2.75, 3.05) is 6.61 Å². The van der Waals surface area contributed by atoms with Crippen LogP contribution in [0.3, 0.4) is 0 Å². The van der Waals surface area contributed by atoms with Crippen LogP contribution in [0.2, 0.25) is 0 Å².